The number of aryl methyl sites for hydroxylation is 1. The van der Waals surface area contributed by atoms with Crippen molar-refractivity contribution in [1.82, 2.24) is 9.38 Å². The second-order valence-corrected chi connectivity index (χ2v) is 7.69. The number of anilines is 1. The fourth-order valence-electron chi connectivity index (χ4n) is 3.42. The van der Waals surface area contributed by atoms with Crippen LogP contribution in [0.2, 0.25) is 0 Å². The Kier molecular flexibility index (Phi) is 6.40. The van der Waals surface area contributed by atoms with Crippen LogP contribution >= 0.6 is 0 Å². The van der Waals surface area contributed by atoms with E-state index in [4.69, 9.17) is 14.5 Å². The molecule has 0 radical (unpaired) electrons. The molecule has 0 aliphatic rings. The first kappa shape index (κ1) is 21.4. The van der Waals surface area contributed by atoms with Gasteiger partial charge in [-0.3, -0.25) is 4.79 Å². The molecule has 0 saturated carbocycles. The summed E-state index contributed by atoms with van der Waals surface area (Å²) in [6.45, 7) is 4.84. The maximum absolute atomic E-state index is 12.9. The Hall–Kier alpha value is -3.80. The summed E-state index contributed by atoms with van der Waals surface area (Å²) < 4.78 is 13.1. The van der Waals surface area contributed by atoms with Crippen LogP contribution in [-0.4, -0.2) is 29.0 Å². The van der Waals surface area contributed by atoms with Crippen LogP contribution in [0.5, 0.6) is 11.5 Å². The summed E-state index contributed by atoms with van der Waals surface area (Å²) in [5, 5.41) is 2.96. The number of imidazole rings is 1. The molecule has 6 heteroatoms. The number of hydrogen-bond donors (Lipinski definition) is 1. The number of nitrogens with zero attached hydrogens (tertiary/aromatic N) is 2. The minimum absolute atomic E-state index is 0.216. The zero-order valence-corrected chi connectivity index (χ0v) is 18.6. The average molecular weight is 430 g/mol. The first-order valence-corrected chi connectivity index (χ1v) is 10.8. The molecular formula is C26H27N3O3. The summed E-state index contributed by atoms with van der Waals surface area (Å²) in [4.78, 5) is 17.6. The van der Waals surface area contributed by atoms with Crippen molar-refractivity contribution in [3.05, 3.63) is 78.1 Å². The predicted octanol–water partition coefficient (Wildman–Crippen LogP) is 5.75. The summed E-state index contributed by atoms with van der Waals surface area (Å²) in [7, 11) is 1.58. The molecule has 0 aliphatic heterocycles. The Bertz CT molecular complexity index is 1230. The molecule has 2 heterocycles. The Morgan fingerprint density at radius 1 is 1.09 bits per heavy atom. The highest BCUT2D eigenvalue weighted by molar-refractivity contribution is 6.05. The van der Waals surface area contributed by atoms with E-state index in [1.165, 1.54) is 0 Å². The third-order valence-electron chi connectivity index (χ3n) is 5.24. The van der Waals surface area contributed by atoms with E-state index in [-0.39, 0.29) is 5.91 Å². The fourth-order valence-corrected chi connectivity index (χ4v) is 3.42. The van der Waals surface area contributed by atoms with Crippen molar-refractivity contribution in [2.45, 2.75) is 26.7 Å². The third kappa shape index (κ3) is 4.75. The minimum atomic E-state index is -0.216. The summed E-state index contributed by atoms with van der Waals surface area (Å²) >= 11 is 0. The number of unbranched alkanes of at least 4 members (excludes halogenated alkanes) is 1. The molecule has 2 aromatic heterocycles. The average Bonchev–Trinajstić information content (AvgIpc) is 3.23. The number of carbonyl (C=O) groups excluding carboxylic acids is 1. The summed E-state index contributed by atoms with van der Waals surface area (Å²) in [5.74, 6) is 1.13. The molecular weight excluding hydrogens is 402 g/mol. The van der Waals surface area contributed by atoms with Gasteiger partial charge in [-0.1, -0.05) is 13.3 Å². The lowest BCUT2D eigenvalue weighted by Gasteiger charge is -2.12. The number of amides is 1. The SMILES string of the molecule is CCCCOc1ccc(C(=O)Nc2cc(-c3cn4ccc(C)cc4n3)ccc2OC)cc1. The molecule has 6 nitrogen and oxygen atoms in total. The quantitative estimate of drug-likeness (QED) is 0.362. The number of pyridine rings is 1. The van der Waals surface area contributed by atoms with Crippen LogP contribution in [0.1, 0.15) is 35.7 Å². The van der Waals surface area contributed by atoms with Gasteiger partial charge in [0.2, 0.25) is 0 Å². The smallest absolute Gasteiger partial charge is 0.255 e. The van der Waals surface area contributed by atoms with E-state index in [9.17, 15) is 4.79 Å². The van der Waals surface area contributed by atoms with Crippen molar-refractivity contribution >= 4 is 17.2 Å². The molecule has 0 aliphatic carbocycles. The topological polar surface area (TPSA) is 64.9 Å². The zero-order chi connectivity index (χ0) is 22.5. The number of aromatic nitrogens is 2. The minimum Gasteiger partial charge on any atom is -0.495 e. The number of benzene rings is 2. The second-order valence-electron chi connectivity index (χ2n) is 7.69. The molecule has 0 saturated heterocycles. The van der Waals surface area contributed by atoms with Crippen LogP contribution in [0.4, 0.5) is 5.69 Å². The van der Waals surface area contributed by atoms with Crippen LogP contribution in [0.3, 0.4) is 0 Å². The van der Waals surface area contributed by atoms with Crippen molar-refractivity contribution in [1.29, 1.82) is 0 Å². The maximum atomic E-state index is 12.9. The Morgan fingerprint density at radius 2 is 1.91 bits per heavy atom. The fraction of sp³-hybridized carbons (Fsp3) is 0.231. The van der Waals surface area contributed by atoms with Crippen LogP contribution < -0.4 is 14.8 Å². The molecule has 32 heavy (non-hydrogen) atoms. The molecule has 0 spiro atoms. The van der Waals surface area contributed by atoms with E-state index in [2.05, 4.69) is 12.2 Å². The molecule has 0 atom stereocenters. The van der Waals surface area contributed by atoms with E-state index in [0.717, 1.165) is 41.1 Å². The van der Waals surface area contributed by atoms with Gasteiger partial charge in [-0.25, -0.2) is 4.98 Å². The van der Waals surface area contributed by atoms with E-state index in [1.54, 1.807) is 19.2 Å². The Labute approximate surface area is 187 Å². The molecule has 2 aromatic carbocycles. The first-order valence-electron chi connectivity index (χ1n) is 10.8. The van der Waals surface area contributed by atoms with E-state index >= 15 is 0 Å². The number of nitrogens with one attached hydrogen (secondary N) is 1. The van der Waals surface area contributed by atoms with Crippen LogP contribution in [0.25, 0.3) is 16.9 Å². The lowest BCUT2D eigenvalue weighted by atomic mass is 10.1. The van der Waals surface area contributed by atoms with Crippen molar-refractivity contribution < 1.29 is 14.3 Å². The molecule has 1 amide bonds. The van der Waals surface area contributed by atoms with Crippen molar-refractivity contribution in [3.8, 4) is 22.8 Å². The van der Waals surface area contributed by atoms with Crippen molar-refractivity contribution in [3.63, 3.8) is 0 Å². The molecule has 1 N–H and O–H groups in total. The van der Waals surface area contributed by atoms with Gasteiger partial charge in [-0.15, -0.1) is 0 Å². The molecule has 164 valence electrons. The number of rotatable bonds is 8. The predicted molar refractivity (Wildman–Crippen MR) is 127 cm³/mol. The van der Waals surface area contributed by atoms with E-state index < -0.39 is 0 Å². The summed E-state index contributed by atoms with van der Waals surface area (Å²) in [6.07, 6.45) is 6.04. The lowest BCUT2D eigenvalue weighted by Crippen LogP contribution is -2.12. The highest BCUT2D eigenvalue weighted by Gasteiger charge is 2.13. The van der Waals surface area contributed by atoms with Gasteiger partial charge in [0, 0.05) is 23.5 Å². The normalized spacial score (nSPS) is 10.8. The third-order valence-corrected chi connectivity index (χ3v) is 5.24. The van der Waals surface area contributed by atoms with Gasteiger partial charge < -0.3 is 19.2 Å². The number of methoxy groups -OCH3 is 1. The van der Waals surface area contributed by atoms with Gasteiger partial charge in [-0.2, -0.15) is 0 Å². The van der Waals surface area contributed by atoms with Gasteiger partial charge in [0.15, 0.2) is 0 Å². The summed E-state index contributed by atoms with van der Waals surface area (Å²) in [6, 6.07) is 16.9. The van der Waals surface area contributed by atoms with Crippen LogP contribution in [-0.2, 0) is 0 Å². The van der Waals surface area contributed by atoms with E-state index in [1.807, 2.05) is 66.2 Å². The van der Waals surface area contributed by atoms with Gasteiger partial charge in [0.1, 0.15) is 17.1 Å². The van der Waals surface area contributed by atoms with Crippen molar-refractivity contribution in [2.75, 3.05) is 19.0 Å². The van der Waals surface area contributed by atoms with Gasteiger partial charge in [0.05, 0.1) is 25.1 Å². The van der Waals surface area contributed by atoms with Crippen LogP contribution in [0, 0.1) is 6.92 Å². The van der Waals surface area contributed by atoms with Crippen LogP contribution in [0.15, 0.2) is 67.0 Å². The number of carbonyl (C=O) groups is 1. The Morgan fingerprint density at radius 3 is 2.66 bits per heavy atom. The number of hydrogen-bond acceptors (Lipinski definition) is 4. The molecule has 4 rings (SSSR count). The molecule has 0 unspecified atom stereocenters. The number of fused-ring (bicyclic) bond motifs is 1. The van der Waals surface area contributed by atoms with Gasteiger partial charge in [0.25, 0.3) is 5.91 Å². The highest BCUT2D eigenvalue weighted by Crippen LogP contribution is 2.31. The standard InChI is InChI=1S/C26H27N3O3/c1-4-5-14-32-21-9-6-19(7-10-21)26(30)28-22-16-20(8-11-24(22)31-3)23-17-29-13-12-18(2)15-25(29)27-23/h6-13,15-17H,4-5,14H2,1-3H3,(H,28,30). The maximum Gasteiger partial charge on any atom is 0.255 e. The van der Waals surface area contributed by atoms with E-state index in [0.29, 0.717) is 23.6 Å². The zero-order valence-electron chi connectivity index (χ0n) is 18.6. The first-order chi connectivity index (χ1) is 15.6. The summed E-state index contributed by atoms with van der Waals surface area (Å²) in [5.41, 5.74) is 4.88. The molecule has 0 bridgehead atoms. The monoisotopic (exact) mass is 429 g/mol. The molecule has 0 fully saturated rings. The van der Waals surface area contributed by atoms with Gasteiger partial charge in [-0.05, 0) is 73.5 Å². The number of ether oxygens (including phenoxy) is 2. The van der Waals surface area contributed by atoms with Crippen molar-refractivity contribution in [2.24, 2.45) is 0 Å². The largest absolute Gasteiger partial charge is 0.495 e. The molecule has 4 aromatic rings. The van der Waals surface area contributed by atoms with Gasteiger partial charge >= 0.3 is 0 Å². The Balaban J connectivity index is 1.55. The lowest BCUT2D eigenvalue weighted by molar-refractivity contribution is 0.102. The highest BCUT2D eigenvalue weighted by atomic mass is 16.5. The second kappa shape index (κ2) is 9.56.